The molecule has 3 heterocycles. The first-order chi connectivity index (χ1) is 13.4. The van der Waals surface area contributed by atoms with Crippen molar-refractivity contribution < 1.29 is 0 Å². The molecule has 136 valence electrons. The van der Waals surface area contributed by atoms with Gasteiger partial charge in [-0.3, -0.25) is 0 Å². The molecule has 0 atom stereocenters. The van der Waals surface area contributed by atoms with Crippen molar-refractivity contribution in [1.82, 2.24) is 19.7 Å². The van der Waals surface area contributed by atoms with E-state index in [1.807, 2.05) is 47.4 Å². The first-order valence-corrected chi connectivity index (χ1v) is 9.54. The summed E-state index contributed by atoms with van der Waals surface area (Å²) < 4.78 is 1.84. The molecule has 2 aliphatic rings. The normalized spacial score (nSPS) is 16.5. The van der Waals surface area contributed by atoms with Crippen molar-refractivity contribution in [3.63, 3.8) is 0 Å². The number of anilines is 3. The molecular formula is C21H22N6. The smallest absolute Gasteiger partial charge is 0.229 e. The molecule has 1 aliphatic heterocycles. The van der Waals surface area contributed by atoms with E-state index >= 15 is 0 Å². The highest BCUT2D eigenvalue weighted by Gasteiger charge is 2.26. The Kier molecular flexibility index (Phi) is 4.08. The van der Waals surface area contributed by atoms with Crippen molar-refractivity contribution in [3.8, 4) is 5.69 Å². The van der Waals surface area contributed by atoms with Crippen LogP contribution in [0, 0.1) is 0 Å². The number of aromatic nitrogens is 4. The number of fused-ring (bicyclic) bond motifs is 1. The minimum atomic E-state index is 0.602. The summed E-state index contributed by atoms with van der Waals surface area (Å²) >= 11 is 0. The standard InChI is InChI=1S/C21H22N6/c1-2-7-18(6-1)26-13-3-5-16-15-22-21(25-20(16)26)24-17-8-10-19(11-9-17)27-14-4-12-23-27/h3-5,8-12,14-15,18H,1-2,6-7,13H2,(H,22,24,25). The highest BCUT2D eigenvalue weighted by Crippen LogP contribution is 2.32. The monoisotopic (exact) mass is 358 g/mol. The SMILES string of the molecule is C1=Cc2cnc(Nc3ccc(-n4cccn4)cc3)nc2N(C2CCCC2)C1. The Morgan fingerprint density at radius 3 is 2.70 bits per heavy atom. The van der Waals surface area contributed by atoms with Crippen LogP contribution < -0.4 is 10.2 Å². The second kappa shape index (κ2) is 6.87. The molecule has 0 radical (unpaired) electrons. The summed E-state index contributed by atoms with van der Waals surface area (Å²) in [6.07, 6.45) is 15.1. The number of rotatable bonds is 4. The topological polar surface area (TPSA) is 58.9 Å². The fourth-order valence-corrected chi connectivity index (χ4v) is 3.96. The number of hydrogen-bond acceptors (Lipinski definition) is 5. The van der Waals surface area contributed by atoms with Crippen LogP contribution in [0.4, 0.5) is 17.5 Å². The van der Waals surface area contributed by atoms with Gasteiger partial charge in [-0.25, -0.2) is 9.67 Å². The Morgan fingerprint density at radius 2 is 1.93 bits per heavy atom. The third-order valence-corrected chi connectivity index (χ3v) is 5.33. The molecule has 0 spiro atoms. The molecule has 1 N–H and O–H groups in total. The molecule has 1 fully saturated rings. The van der Waals surface area contributed by atoms with Gasteiger partial charge in [-0.1, -0.05) is 25.0 Å². The molecule has 6 nitrogen and oxygen atoms in total. The van der Waals surface area contributed by atoms with Crippen LogP contribution in [0.5, 0.6) is 0 Å². The second-order valence-corrected chi connectivity index (χ2v) is 7.09. The zero-order valence-corrected chi connectivity index (χ0v) is 15.1. The molecule has 0 saturated heterocycles. The molecular weight excluding hydrogens is 336 g/mol. The lowest BCUT2D eigenvalue weighted by Crippen LogP contribution is -2.36. The number of hydrogen-bond donors (Lipinski definition) is 1. The van der Waals surface area contributed by atoms with Gasteiger partial charge in [0, 0.05) is 42.4 Å². The Bertz CT molecular complexity index is 939. The molecule has 27 heavy (non-hydrogen) atoms. The maximum absolute atomic E-state index is 4.84. The minimum Gasteiger partial charge on any atom is -0.349 e. The fraction of sp³-hybridized carbons (Fsp3) is 0.286. The van der Waals surface area contributed by atoms with Crippen molar-refractivity contribution in [3.05, 3.63) is 60.6 Å². The lowest BCUT2D eigenvalue weighted by molar-refractivity contribution is 0.622. The fourth-order valence-electron chi connectivity index (χ4n) is 3.96. The third-order valence-electron chi connectivity index (χ3n) is 5.33. The van der Waals surface area contributed by atoms with E-state index in [9.17, 15) is 0 Å². The summed E-state index contributed by atoms with van der Waals surface area (Å²) in [5, 5.41) is 7.59. The van der Waals surface area contributed by atoms with Crippen molar-refractivity contribution in [1.29, 1.82) is 0 Å². The maximum Gasteiger partial charge on any atom is 0.229 e. The van der Waals surface area contributed by atoms with Crippen molar-refractivity contribution in [2.45, 2.75) is 31.7 Å². The summed E-state index contributed by atoms with van der Waals surface area (Å²) in [5.41, 5.74) is 3.09. The van der Waals surface area contributed by atoms with Gasteiger partial charge in [0.2, 0.25) is 5.95 Å². The average Bonchev–Trinajstić information content (AvgIpc) is 3.42. The second-order valence-electron chi connectivity index (χ2n) is 7.09. The van der Waals surface area contributed by atoms with Gasteiger partial charge in [-0.15, -0.1) is 0 Å². The van der Waals surface area contributed by atoms with Crippen LogP contribution in [0.2, 0.25) is 0 Å². The molecule has 6 heteroatoms. The zero-order valence-electron chi connectivity index (χ0n) is 15.1. The summed E-state index contributed by atoms with van der Waals surface area (Å²) in [4.78, 5) is 11.8. The largest absolute Gasteiger partial charge is 0.349 e. The lowest BCUT2D eigenvalue weighted by atomic mass is 10.1. The van der Waals surface area contributed by atoms with Gasteiger partial charge in [0.05, 0.1) is 5.69 Å². The van der Waals surface area contributed by atoms with Crippen LogP contribution in [0.25, 0.3) is 11.8 Å². The highest BCUT2D eigenvalue weighted by atomic mass is 15.3. The predicted molar refractivity (Wildman–Crippen MR) is 108 cm³/mol. The minimum absolute atomic E-state index is 0.602. The molecule has 1 saturated carbocycles. The van der Waals surface area contributed by atoms with Gasteiger partial charge in [0.15, 0.2) is 0 Å². The highest BCUT2D eigenvalue weighted by molar-refractivity contribution is 5.69. The van der Waals surface area contributed by atoms with Gasteiger partial charge < -0.3 is 10.2 Å². The quantitative estimate of drug-likeness (QED) is 0.758. The molecule has 5 rings (SSSR count). The number of nitrogens with zero attached hydrogens (tertiary/aromatic N) is 5. The molecule has 0 bridgehead atoms. The first-order valence-electron chi connectivity index (χ1n) is 9.54. The van der Waals surface area contributed by atoms with Gasteiger partial charge in [0.25, 0.3) is 0 Å². The van der Waals surface area contributed by atoms with E-state index in [2.05, 4.69) is 32.5 Å². The Labute approximate surface area is 158 Å². The first kappa shape index (κ1) is 16.1. The maximum atomic E-state index is 4.84. The van der Waals surface area contributed by atoms with E-state index in [0.29, 0.717) is 12.0 Å². The summed E-state index contributed by atoms with van der Waals surface area (Å²) in [6, 6.07) is 10.6. The van der Waals surface area contributed by atoms with E-state index in [1.165, 1.54) is 25.7 Å². The van der Waals surface area contributed by atoms with Gasteiger partial charge in [0.1, 0.15) is 5.82 Å². The summed E-state index contributed by atoms with van der Waals surface area (Å²) in [6.45, 7) is 0.937. The Balaban J connectivity index is 1.38. The van der Waals surface area contributed by atoms with E-state index < -0.39 is 0 Å². The van der Waals surface area contributed by atoms with E-state index in [-0.39, 0.29) is 0 Å². The Hall–Kier alpha value is -3.15. The van der Waals surface area contributed by atoms with Gasteiger partial charge in [-0.05, 0) is 43.2 Å². The third kappa shape index (κ3) is 3.18. The van der Waals surface area contributed by atoms with Crippen molar-refractivity contribution >= 4 is 23.5 Å². The van der Waals surface area contributed by atoms with Gasteiger partial charge >= 0.3 is 0 Å². The van der Waals surface area contributed by atoms with Crippen LogP contribution in [-0.4, -0.2) is 32.3 Å². The summed E-state index contributed by atoms with van der Waals surface area (Å²) in [7, 11) is 0. The zero-order chi connectivity index (χ0) is 18.1. The molecule has 1 aromatic carbocycles. The number of benzene rings is 1. The van der Waals surface area contributed by atoms with Crippen LogP contribution in [-0.2, 0) is 0 Å². The molecule has 3 aromatic rings. The van der Waals surface area contributed by atoms with E-state index in [0.717, 1.165) is 29.3 Å². The van der Waals surface area contributed by atoms with Crippen LogP contribution in [0.3, 0.4) is 0 Å². The molecule has 0 amide bonds. The molecule has 0 unspecified atom stereocenters. The molecule has 1 aliphatic carbocycles. The van der Waals surface area contributed by atoms with Gasteiger partial charge in [-0.2, -0.15) is 10.1 Å². The molecule has 2 aromatic heterocycles. The van der Waals surface area contributed by atoms with Crippen LogP contribution >= 0.6 is 0 Å². The lowest BCUT2D eigenvalue weighted by Gasteiger charge is -2.32. The van der Waals surface area contributed by atoms with E-state index in [1.54, 1.807) is 6.20 Å². The van der Waals surface area contributed by atoms with Crippen molar-refractivity contribution in [2.75, 3.05) is 16.8 Å². The van der Waals surface area contributed by atoms with Crippen LogP contribution in [0.1, 0.15) is 31.2 Å². The predicted octanol–water partition coefficient (Wildman–Crippen LogP) is 4.18. The van der Waals surface area contributed by atoms with E-state index in [4.69, 9.17) is 4.98 Å². The Morgan fingerprint density at radius 1 is 1.07 bits per heavy atom. The summed E-state index contributed by atoms with van der Waals surface area (Å²) in [5.74, 6) is 1.69. The number of nitrogens with one attached hydrogen (secondary N) is 1. The average molecular weight is 358 g/mol. The van der Waals surface area contributed by atoms with Crippen molar-refractivity contribution in [2.24, 2.45) is 0 Å². The van der Waals surface area contributed by atoms with Crippen LogP contribution in [0.15, 0.2) is 55.0 Å².